The SMILES string of the molecule is O=C(Nc1ccc(F)cc1Cl)C1CCN(c2nc3ccccc3n2Cc2cccc(F)c2)CC1. The van der Waals surface area contributed by atoms with Crippen molar-refractivity contribution in [1.82, 2.24) is 9.55 Å². The Bertz CT molecular complexity index is 1350. The van der Waals surface area contributed by atoms with E-state index in [1.54, 1.807) is 6.07 Å². The maximum atomic E-state index is 13.8. The first-order chi connectivity index (χ1) is 16.5. The van der Waals surface area contributed by atoms with E-state index in [1.807, 2.05) is 30.3 Å². The molecule has 3 aromatic carbocycles. The quantitative estimate of drug-likeness (QED) is 0.388. The van der Waals surface area contributed by atoms with Crippen molar-refractivity contribution in [2.24, 2.45) is 5.92 Å². The van der Waals surface area contributed by atoms with Gasteiger partial charge in [-0.05, 0) is 60.9 Å². The van der Waals surface area contributed by atoms with Crippen LogP contribution < -0.4 is 10.2 Å². The van der Waals surface area contributed by atoms with Gasteiger partial charge in [0.05, 0.1) is 28.3 Å². The smallest absolute Gasteiger partial charge is 0.227 e. The monoisotopic (exact) mass is 480 g/mol. The zero-order valence-electron chi connectivity index (χ0n) is 18.3. The van der Waals surface area contributed by atoms with Gasteiger partial charge < -0.3 is 14.8 Å². The van der Waals surface area contributed by atoms with E-state index in [0.29, 0.717) is 38.2 Å². The van der Waals surface area contributed by atoms with Gasteiger partial charge in [0, 0.05) is 19.0 Å². The van der Waals surface area contributed by atoms with Gasteiger partial charge in [-0.3, -0.25) is 4.79 Å². The van der Waals surface area contributed by atoms with Gasteiger partial charge >= 0.3 is 0 Å². The van der Waals surface area contributed by atoms with E-state index in [4.69, 9.17) is 16.6 Å². The molecule has 1 aromatic heterocycles. The largest absolute Gasteiger partial charge is 0.342 e. The van der Waals surface area contributed by atoms with Crippen LogP contribution in [-0.4, -0.2) is 28.5 Å². The topological polar surface area (TPSA) is 50.2 Å². The van der Waals surface area contributed by atoms with Crippen LogP contribution in [0.5, 0.6) is 0 Å². The van der Waals surface area contributed by atoms with Crippen molar-refractivity contribution in [3.05, 3.63) is 89.0 Å². The number of carbonyl (C=O) groups is 1. The third-order valence-corrected chi connectivity index (χ3v) is 6.51. The van der Waals surface area contributed by atoms with Gasteiger partial charge in [-0.1, -0.05) is 35.9 Å². The van der Waals surface area contributed by atoms with E-state index in [1.165, 1.54) is 30.3 Å². The van der Waals surface area contributed by atoms with Gasteiger partial charge in [-0.2, -0.15) is 0 Å². The molecule has 0 radical (unpaired) electrons. The molecule has 174 valence electrons. The molecule has 5 nitrogen and oxygen atoms in total. The Labute approximate surface area is 201 Å². The van der Waals surface area contributed by atoms with Crippen molar-refractivity contribution < 1.29 is 13.6 Å². The van der Waals surface area contributed by atoms with E-state index in [0.717, 1.165) is 22.5 Å². The van der Waals surface area contributed by atoms with E-state index in [2.05, 4.69) is 14.8 Å². The first kappa shape index (κ1) is 22.3. The molecule has 1 aliphatic heterocycles. The number of aromatic nitrogens is 2. The molecule has 1 fully saturated rings. The molecule has 8 heteroatoms. The Kier molecular flexibility index (Phi) is 6.20. The molecule has 2 heterocycles. The molecule has 0 aliphatic carbocycles. The highest BCUT2D eigenvalue weighted by atomic mass is 35.5. The predicted octanol–water partition coefficient (Wildman–Crippen LogP) is 5.87. The molecule has 0 saturated carbocycles. The highest BCUT2D eigenvalue weighted by Crippen LogP contribution is 2.29. The van der Waals surface area contributed by atoms with Gasteiger partial charge in [0.25, 0.3) is 0 Å². The van der Waals surface area contributed by atoms with E-state index < -0.39 is 5.82 Å². The van der Waals surface area contributed by atoms with Crippen LogP contribution in [0.25, 0.3) is 11.0 Å². The number of benzene rings is 3. The maximum Gasteiger partial charge on any atom is 0.227 e. The summed E-state index contributed by atoms with van der Waals surface area (Å²) in [6, 6.07) is 18.4. The van der Waals surface area contributed by atoms with Crippen LogP contribution in [-0.2, 0) is 11.3 Å². The molecule has 0 bridgehead atoms. The van der Waals surface area contributed by atoms with Crippen LogP contribution in [0.2, 0.25) is 5.02 Å². The third kappa shape index (κ3) is 4.61. The first-order valence-electron chi connectivity index (χ1n) is 11.2. The van der Waals surface area contributed by atoms with Crippen LogP contribution in [0.4, 0.5) is 20.4 Å². The second-order valence-corrected chi connectivity index (χ2v) is 8.90. The molecule has 1 amide bonds. The summed E-state index contributed by atoms with van der Waals surface area (Å²) in [5, 5.41) is 3.00. The van der Waals surface area contributed by atoms with Crippen LogP contribution in [0.15, 0.2) is 66.7 Å². The van der Waals surface area contributed by atoms with Crippen LogP contribution >= 0.6 is 11.6 Å². The summed E-state index contributed by atoms with van der Waals surface area (Å²) in [4.78, 5) is 19.8. The molecule has 0 spiro atoms. The Morgan fingerprint density at radius 3 is 2.53 bits per heavy atom. The van der Waals surface area contributed by atoms with Crippen molar-refractivity contribution >= 4 is 40.2 Å². The number of para-hydroxylation sites is 2. The van der Waals surface area contributed by atoms with Gasteiger partial charge in [0.15, 0.2) is 0 Å². The molecule has 0 unspecified atom stereocenters. The molecule has 0 atom stereocenters. The number of rotatable bonds is 5. The van der Waals surface area contributed by atoms with Crippen LogP contribution in [0, 0.1) is 17.6 Å². The van der Waals surface area contributed by atoms with Crippen molar-refractivity contribution in [2.75, 3.05) is 23.3 Å². The fourth-order valence-electron chi connectivity index (χ4n) is 4.45. The van der Waals surface area contributed by atoms with Crippen molar-refractivity contribution in [3.63, 3.8) is 0 Å². The maximum absolute atomic E-state index is 13.8. The summed E-state index contributed by atoms with van der Waals surface area (Å²) in [5.74, 6) is -0.209. The summed E-state index contributed by atoms with van der Waals surface area (Å²) >= 11 is 6.05. The minimum absolute atomic E-state index is 0.124. The van der Waals surface area contributed by atoms with Crippen molar-refractivity contribution in [1.29, 1.82) is 0 Å². The number of hydrogen-bond donors (Lipinski definition) is 1. The lowest BCUT2D eigenvalue weighted by Crippen LogP contribution is -2.39. The van der Waals surface area contributed by atoms with Gasteiger partial charge in [0.2, 0.25) is 11.9 Å². The number of hydrogen-bond acceptors (Lipinski definition) is 3. The molecule has 1 saturated heterocycles. The minimum Gasteiger partial charge on any atom is -0.342 e. The normalized spacial score (nSPS) is 14.5. The number of amides is 1. The lowest BCUT2D eigenvalue weighted by atomic mass is 9.96. The molecular formula is C26H23ClF2N4O. The fourth-order valence-corrected chi connectivity index (χ4v) is 4.66. The summed E-state index contributed by atoms with van der Waals surface area (Å²) in [5.41, 5.74) is 3.12. The van der Waals surface area contributed by atoms with Gasteiger partial charge in [-0.15, -0.1) is 0 Å². The highest BCUT2D eigenvalue weighted by molar-refractivity contribution is 6.33. The number of nitrogens with one attached hydrogen (secondary N) is 1. The average Bonchev–Trinajstić information content (AvgIpc) is 3.19. The highest BCUT2D eigenvalue weighted by Gasteiger charge is 2.28. The Morgan fingerprint density at radius 1 is 1.00 bits per heavy atom. The molecular weight excluding hydrogens is 458 g/mol. The van der Waals surface area contributed by atoms with Gasteiger partial charge in [0.1, 0.15) is 11.6 Å². The summed E-state index contributed by atoms with van der Waals surface area (Å²) in [6.07, 6.45) is 1.29. The Morgan fingerprint density at radius 2 is 1.76 bits per heavy atom. The Hall–Kier alpha value is -3.45. The van der Waals surface area contributed by atoms with Gasteiger partial charge in [-0.25, -0.2) is 13.8 Å². The molecule has 1 aliphatic rings. The molecule has 4 aromatic rings. The van der Waals surface area contributed by atoms with E-state index in [9.17, 15) is 13.6 Å². The minimum atomic E-state index is -0.447. The summed E-state index contributed by atoms with van der Waals surface area (Å²) < 4.78 is 29.2. The fraction of sp³-hybridized carbons (Fsp3) is 0.231. The number of anilines is 2. The van der Waals surface area contributed by atoms with Crippen LogP contribution in [0.3, 0.4) is 0 Å². The summed E-state index contributed by atoms with van der Waals surface area (Å²) in [7, 11) is 0. The summed E-state index contributed by atoms with van der Waals surface area (Å²) in [6.45, 7) is 1.81. The average molecular weight is 481 g/mol. The number of carbonyl (C=O) groups excluding carboxylic acids is 1. The second kappa shape index (κ2) is 9.43. The predicted molar refractivity (Wildman–Crippen MR) is 130 cm³/mol. The van der Waals surface area contributed by atoms with Crippen molar-refractivity contribution in [3.8, 4) is 0 Å². The molecule has 1 N–H and O–H groups in total. The van der Waals surface area contributed by atoms with Crippen LogP contribution in [0.1, 0.15) is 18.4 Å². The number of fused-ring (bicyclic) bond motifs is 1. The first-order valence-corrected chi connectivity index (χ1v) is 11.6. The lowest BCUT2D eigenvalue weighted by Gasteiger charge is -2.32. The molecule has 34 heavy (non-hydrogen) atoms. The second-order valence-electron chi connectivity index (χ2n) is 8.49. The van der Waals surface area contributed by atoms with E-state index in [-0.39, 0.29) is 22.7 Å². The number of nitrogens with zero attached hydrogens (tertiary/aromatic N) is 3. The lowest BCUT2D eigenvalue weighted by molar-refractivity contribution is -0.120. The standard InChI is InChI=1S/C26H23ClF2N4O/c27-21-15-20(29)8-9-22(21)30-25(34)18-10-12-32(13-11-18)26-31-23-6-1-2-7-24(23)33(26)16-17-4-3-5-19(28)14-17/h1-9,14-15,18H,10-13,16H2,(H,30,34). The zero-order valence-corrected chi connectivity index (χ0v) is 19.1. The number of imidazole rings is 1. The van der Waals surface area contributed by atoms with E-state index >= 15 is 0 Å². The molecule has 5 rings (SSSR count). The Balaban J connectivity index is 1.33. The number of piperidine rings is 1. The number of halogens is 3. The van der Waals surface area contributed by atoms with Crippen molar-refractivity contribution in [2.45, 2.75) is 19.4 Å². The third-order valence-electron chi connectivity index (χ3n) is 6.20. The zero-order chi connectivity index (χ0) is 23.7.